The number of carbonyl (C=O) groups is 1. The second-order valence-electron chi connectivity index (χ2n) is 7.59. The van der Waals surface area contributed by atoms with Crippen molar-refractivity contribution in [2.45, 2.75) is 80.3 Å². The minimum Gasteiger partial charge on any atom is -0.370 e. The van der Waals surface area contributed by atoms with Gasteiger partial charge in [0.2, 0.25) is 0 Å². The molecule has 2 heteroatoms. The molecule has 0 aliphatic rings. The molecule has 0 saturated heterocycles. The van der Waals surface area contributed by atoms with Gasteiger partial charge in [-0.25, -0.2) is 0 Å². The van der Waals surface area contributed by atoms with Crippen molar-refractivity contribution in [3.8, 4) is 0 Å². The Bertz CT molecular complexity index is 243. The smallest absolute Gasteiger partial charge is 0.161 e. The van der Waals surface area contributed by atoms with Crippen molar-refractivity contribution < 1.29 is 9.53 Å². The highest BCUT2D eigenvalue weighted by Gasteiger charge is 2.21. The number of hydrogen-bond acceptors (Lipinski definition) is 2. The lowest BCUT2D eigenvalue weighted by Gasteiger charge is -2.24. The molecule has 0 rings (SSSR count). The number of hydrogen-bond donors (Lipinski definition) is 0. The van der Waals surface area contributed by atoms with Gasteiger partial charge < -0.3 is 4.74 Å². The minimum atomic E-state index is -0.198. The molecule has 0 N–H and O–H groups in total. The van der Waals surface area contributed by atoms with E-state index in [1.54, 1.807) is 0 Å². The molecule has 0 aromatic carbocycles. The van der Waals surface area contributed by atoms with Crippen LogP contribution in [0.25, 0.3) is 0 Å². The summed E-state index contributed by atoms with van der Waals surface area (Å²) in [5, 5.41) is 0. The maximum Gasteiger partial charge on any atom is 0.161 e. The Hall–Kier alpha value is -0.370. The summed E-state index contributed by atoms with van der Waals surface area (Å²) < 4.78 is 5.82. The summed E-state index contributed by atoms with van der Waals surface area (Å²) in [5.41, 5.74) is 0.531. The van der Waals surface area contributed by atoms with Crippen molar-refractivity contribution in [2.24, 2.45) is 10.8 Å². The Labute approximate surface area is 113 Å². The Kier molecular flexibility index (Phi) is 7.13. The first-order chi connectivity index (χ1) is 8.05. The summed E-state index contributed by atoms with van der Waals surface area (Å²) >= 11 is 0. The molecule has 0 amide bonds. The molecule has 0 aliphatic carbocycles. The zero-order valence-corrected chi connectivity index (χ0v) is 13.4. The van der Waals surface area contributed by atoms with Crippen molar-refractivity contribution in [2.75, 3.05) is 6.61 Å². The van der Waals surface area contributed by atoms with Gasteiger partial charge in [0.1, 0.15) is 6.10 Å². The van der Waals surface area contributed by atoms with Crippen molar-refractivity contribution >= 4 is 5.78 Å². The van der Waals surface area contributed by atoms with E-state index in [-0.39, 0.29) is 22.7 Å². The van der Waals surface area contributed by atoms with Crippen LogP contribution in [0.4, 0.5) is 0 Å². The van der Waals surface area contributed by atoms with Gasteiger partial charge in [0.05, 0.1) is 0 Å². The molecule has 0 heterocycles. The molecule has 0 aliphatic heterocycles. The van der Waals surface area contributed by atoms with Gasteiger partial charge in [-0.05, 0) is 30.1 Å². The predicted octanol–water partition coefficient (Wildman–Crippen LogP) is 4.61. The van der Waals surface area contributed by atoms with Crippen LogP contribution in [0.15, 0.2) is 0 Å². The topological polar surface area (TPSA) is 26.3 Å². The molecule has 0 spiro atoms. The molecule has 0 radical (unpaired) electrons. The fourth-order valence-corrected chi connectivity index (χ4v) is 1.64. The molecule has 1 unspecified atom stereocenters. The van der Waals surface area contributed by atoms with E-state index in [0.29, 0.717) is 13.0 Å². The van der Waals surface area contributed by atoms with Gasteiger partial charge in [0.25, 0.3) is 0 Å². The maximum atomic E-state index is 11.9. The van der Waals surface area contributed by atoms with Crippen molar-refractivity contribution in [3.05, 3.63) is 0 Å². The predicted molar refractivity (Wildman–Crippen MR) is 77.8 cm³/mol. The maximum absolute atomic E-state index is 11.9. The highest BCUT2D eigenvalue weighted by molar-refractivity contribution is 5.82. The first kappa shape index (κ1) is 17.6. The van der Waals surface area contributed by atoms with Crippen LogP contribution in [0.1, 0.15) is 74.1 Å². The number of carbonyl (C=O) groups excluding carboxylic acids is 1. The molecule has 0 aromatic rings. The third-order valence-electron chi connectivity index (χ3n) is 3.04. The van der Waals surface area contributed by atoms with Gasteiger partial charge in [-0.15, -0.1) is 0 Å². The van der Waals surface area contributed by atoms with Crippen molar-refractivity contribution in [1.29, 1.82) is 0 Å². The largest absolute Gasteiger partial charge is 0.370 e. The van der Waals surface area contributed by atoms with E-state index < -0.39 is 0 Å². The summed E-state index contributed by atoms with van der Waals surface area (Å²) in [6.07, 6.45) is 3.25. The zero-order chi connectivity index (χ0) is 14.4. The second kappa shape index (κ2) is 7.28. The van der Waals surface area contributed by atoms with Crippen LogP contribution in [0, 0.1) is 10.8 Å². The molecule has 0 fully saturated rings. The molecule has 2 nitrogen and oxygen atoms in total. The average molecular weight is 256 g/mol. The average Bonchev–Trinajstić information content (AvgIpc) is 2.19. The zero-order valence-electron chi connectivity index (χ0n) is 13.4. The molecular formula is C16H32O2. The lowest BCUT2D eigenvalue weighted by Crippen LogP contribution is -2.27. The Morgan fingerprint density at radius 1 is 1.00 bits per heavy atom. The number of ketones is 1. The van der Waals surface area contributed by atoms with Crippen LogP contribution in [0.2, 0.25) is 0 Å². The summed E-state index contributed by atoms with van der Waals surface area (Å²) in [4.78, 5) is 11.9. The second-order valence-corrected chi connectivity index (χ2v) is 7.59. The molecular weight excluding hydrogens is 224 g/mol. The standard InChI is InChI=1S/C16H32O2/c1-8-13(17)14(9-10-15(2,3)4)18-12-11-16(5,6)7/h14H,8-12H2,1-7H3. The number of Topliss-reactive ketones (excluding diaryl/α,β-unsaturated/α-hetero) is 1. The quantitative estimate of drug-likeness (QED) is 0.664. The van der Waals surface area contributed by atoms with E-state index in [4.69, 9.17) is 4.74 Å². The van der Waals surface area contributed by atoms with Gasteiger partial charge >= 0.3 is 0 Å². The van der Waals surface area contributed by atoms with Crippen LogP contribution in [-0.4, -0.2) is 18.5 Å². The van der Waals surface area contributed by atoms with Crippen molar-refractivity contribution in [1.82, 2.24) is 0 Å². The van der Waals surface area contributed by atoms with Crippen LogP contribution < -0.4 is 0 Å². The third kappa shape index (κ3) is 9.64. The first-order valence-electron chi connectivity index (χ1n) is 7.19. The van der Waals surface area contributed by atoms with E-state index in [2.05, 4.69) is 41.5 Å². The highest BCUT2D eigenvalue weighted by Crippen LogP contribution is 2.24. The van der Waals surface area contributed by atoms with E-state index in [0.717, 1.165) is 19.3 Å². The van der Waals surface area contributed by atoms with E-state index >= 15 is 0 Å². The van der Waals surface area contributed by atoms with Crippen LogP contribution >= 0.6 is 0 Å². The van der Waals surface area contributed by atoms with Crippen LogP contribution in [0.3, 0.4) is 0 Å². The third-order valence-corrected chi connectivity index (χ3v) is 3.04. The molecule has 108 valence electrons. The van der Waals surface area contributed by atoms with Crippen LogP contribution in [0.5, 0.6) is 0 Å². The van der Waals surface area contributed by atoms with Gasteiger partial charge in [-0.1, -0.05) is 48.5 Å². The SMILES string of the molecule is CCC(=O)C(CCC(C)(C)C)OCCC(C)(C)C. The molecule has 0 aromatic heterocycles. The monoisotopic (exact) mass is 256 g/mol. The van der Waals surface area contributed by atoms with E-state index in [1.807, 2.05) is 6.92 Å². The summed E-state index contributed by atoms with van der Waals surface area (Å²) in [6.45, 7) is 15.8. The number of ether oxygens (including phenoxy) is 1. The summed E-state index contributed by atoms with van der Waals surface area (Å²) in [5.74, 6) is 0.244. The van der Waals surface area contributed by atoms with E-state index in [9.17, 15) is 4.79 Å². The summed E-state index contributed by atoms with van der Waals surface area (Å²) in [7, 11) is 0. The molecule has 0 saturated carbocycles. The minimum absolute atomic E-state index is 0.198. The lowest BCUT2D eigenvalue weighted by molar-refractivity contribution is -0.131. The molecule has 18 heavy (non-hydrogen) atoms. The highest BCUT2D eigenvalue weighted by atomic mass is 16.5. The molecule has 1 atom stereocenters. The van der Waals surface area contributed by atoms with Gasteiger partial charge in [-0.2, -0.15) is 0 Å². The number of rotatable bonds is 7. The normalized spacial score (nSPS) is 14.6. The lowest BCUT2D eigenvalue weighted by atomic mass is 9.88. The Morgan fingerprint density at radius 3 is 1.89 bits per heavy atom. The van der Waals surface area contributed by atoms with E-state index in [1.165, 1.54) is 0 Å². The van der Waals surface area contributed by atoms with Gasteiger partial charge in [0.15, 0.2) is 5.78 Å². The fourth-order valence-electron chi connectivity index (χ4n) is 1.64. The van der Waals surface area contributed by atoms with Gasteiger partial charge in [-0.3, -0.25) is 4.79 Å². The fraction of sp³-hybridized carbons (Fsp3) is 0.938. The first-order valence-corrected chi connectivity index (χ1v) is 7.19. The molecule has 0 bridgehead atoms. The van der Waals surface area contributed by atoms with Gasteiger partial charge in [0, 0.05) is 13.0 Å². The van der Waals surface area contributed by atoms with Crippen LogP contribution in [-0.2, 0) is 9.53 Å². The van der Waals surface area contributed by atoms with Crippen molar-refractivity contribution in [3.63, 3.8) is 0 Å². The Balaban J connectivity index is 4.21. The Morgan fingerprint density at radius 2 is 1.50 bits per heavy atom. The summed E-state index contributed by atoms with van der Waals surface area (Å²) in [6, 6.07) is 0.